The van der Waals surface area contributed by atoms with Crippen molar-refractivity contribution in [2.24, 2.45) is 0 Å². The molecular formula is C11H6FIN2O. The molecule has 0 radical (unpaired) electrons. The number of rotatable bonds is 2. The van der Waals surface area contributed by atoms with E-state index < -0.39 is 5.82 Å². The zero-order chi connectivity index (χ0) is 12.1. The van der Waals surface area contributed by atoms with Gasteiger partial charge in [-0.25, -0.2) is 4.39 Å². The first-order valence-corrected chi connectivity index (χ1v) is 5.25. The number of benzene rings is 1. The summed E-state index contributed by atoms with van der Waals surface area (Å²) in [5, 5.41) is 17.2. The normalized spacial score (nSPS) is 8.81. The Kier molecular flexibility index (Phi) is 4.27. The molecule has 1 aromatic rings. The van der Waals surface area contributed by atoms with Crippen LogP contribution in [0.5, 0.6) is 5.75 Å². The van der Waals surface area contributed by atoms with Gasteiger partial charge < -0.3 is 4.74 Å². The molecule has 1 aromatic carbocycles. The molecule has 0 aliphatic rings. The lowest BCUT2D eigenvalue weighted by Gasteiger charge is -2.07. The van der Waals surface area contributed by atoms with Gasteiger partial charge in [-0.05, 0) is 40.8 Å². The number of halogens is 2. The van der Waals surface area contributed by atoms with Crippen LogP contribution in [0.25, 0.3) is 6.08 Å². The van der Waals surface area contributed by atoms with Crippen molar-refractivity contribution in [1.82, 2.24) is 0 Å². The van der Waals surface area contributed by atoms with E-state index in [1.54, 1.807) is 24.3 Å². The molecule has 0 fully saturated rings. The van der Waals surface area contributed by atoms with Gasteiger partial charge in [0.15, 0.2) is 11.6 Å². The number of hydrogen-bond donors (Lipinski definition) is 0. The van der Waals surface area contributed by atoms with E-state index in [2.05, 4.69) is 0 Å². The largest absolute Gasteiger partial charge is 0.493 e. The summed E-state index contributed by atoms with van der Waals surface area (Å²) in [5.41, 5.74) is 0.275. The minimum absolute atomic E-state index is 0.0369. The van der Waals surface area contributed by atoms with E-state index in [1.807, 2.05) is 22.6 Å². The highest BCUT2D eigenvalue weighted by Crippen LogP contribution is 2.28. The highest BCUT2D eigenvalue weighted by Gasteiger charge is 2.11. The van der Waals surface area contributed by atoms with Gasteiger partial charge in [-0.1, -0.05) is 0 Å². The Hall–Kier alpha value is -1.60. The fraction of sp³-hybridized carbons (Fsp3) is 0.0909. The Morgan fingerprint density at radius 1 is 1.44 bits per heavy atom. The molecule has 5 heteroatoms. The minimum atomic E-state index is -0.493. The number of methoxy groups -OCH3 is 1. The van der Waals surface area contributed by atoms with Gasteiger partial charge in [0.25, 0.3) is 0 Å². The summed E-state index contributed by atoms with van der Waals surface area (Å²) >= 11 is 1.84. The van der Waals surface area contributed by atoms with Crippen molar-refractivity contribution in [3.8, 4) is 17.9 Å². The first-order valence-electron chi connectivity index (χ1n) is 4.18. The molecule has 0 N–H and O–H groups in total. The predicted octanol–water partition coefficient (Wildman–Crippen LogP) is 2.87. The van der Waals surface area contributed by atoms with Gasteiger partial charge >= 0.3 is 0 Å². The van der Waals surface area contributed by atoms with E-state index in [1.165, 1.54) is 13.2 Å². The first-order chi connectivity index (χ1) is 7.63. The lowest BCUT2D eigenvalue weighted by Crippen LogP contribution is -1.94. The second-order valence-electron chi connectivity index (χ2n) is 2.77. The molecular weight excluding hydrogens is 322 g/mol. The van der Waals surface area contributed by atoms with Gasteiger partial charge in [0, 0.05) is 5.56 Å². The summed E-state index contributed by atoms with van der Waals surface area (Å²) < 4.78 is 18.9. The van der Waals surface area contributed by atoms with Crippen LogP contribution >= 0.6 is 22.6 Å². The molecule has 0 heterocycles. The van der Waals surface area contributed by atoms with Crippen LogP contribution < -0.4 is 4.74 Å². The van der Waals surface area contributed by atoms with E-state index >= 15 is 0 Å². The first kappa shape index (κ1) is 12.5. The van der Waals surface area contributed by atoms with Crippen LogP contribution in [0.3, 0.4) is 0 Å². The van der Waals surface area contributed by atoms with Crippen molar-refractivity contribution in [3.05, 3.63) is 32.7 Å². The Balaban J connectivity index is 3.38. The van der Waals surface area contributed by atoms with Gasteiger partial charge in [0.1, 0.15) is 17.7 Å². The Bertz CT molecular complexity index is 510. The van der Waals surface area contributed by atoms with Crippen molar-refractivity contribution in [1.29, 1.82) is 10.5 Å². The molecule has 0 atom stereocenters. The van der Waals surface area contributed by atoms with Crippen LogP contribution in [0, 0.1) is 32.0 Å². The van der Waals surface area contributed by atoms with Crippen molar-refractivity contribution in [3.63, 3.8) is 0 Å². The van der Waals surface area contributed by atoms with E-state index in [0.717, 1.165) is 0 Å². The number of ether oxygens (including phenoxy) is 1. The SMILES string of the molecule is COc1c(C=C(C#N)C#N)ccc(I)c1F. The van der Waals surface area contributed by atoms with Crippen LogP contribution in [0.1, 0.15) is 5.56 Å². The van der Waals surface area contributed by atoms with Crippen molar-refractivity contribution in [2.45, 2.75) is 0 Å². The minimum Gasteiger partial charge on any atom is -0.493 e. The van der Waals surface area contributed by atoms with E-state index in [0.29, 0.717) is 9.13 Å². The van der Waals surface area contributed by atoms with Gasteiger partial charge in [0.05, 0.1) is 10.7 Å². The fourth-order valence-corrected chi connectivity index (χ4v) is 1.54. The van der Waals surface area contributed by atoms with Crippen LogP contribution in [-0.4, -0.2) is 7.11 Å². The lowest BCUT2D eigenvalue weighted by atomic mass is 10.1. The smallest absolute Gasteiger partial charge is 0.178 e. The summed E-state index contributed by atoms with van der Waals surface area (Å²) in [7, 11) is 1.34. The Labute approximate surface area is 106 Å². The number of allylic oxidation sites excluding steroid dienone is 1. The van der Waals surface area contributed by atoms with Crippen LogP contribution in [0.4, 0.5) is 4.39 Å². The van der Waals surface area contributed by atoms with Crippen molar-refractivity contribution in [2.75, 3.05) is 7.11 Å². The van der Waals surface area contributed by atoms with Gasteiger partial charge in [-0.15, -0.1) is 0 Å². The average molecular weight is 328 g/mol. The zero-order valence-electron chi connectivity index (χ0n) is 8.29. The maximum atomic E-state index is 13.6. The van der Waals surface area contributed by atoms with Crippen LogP contribution in [0.15, 0.2) is 17.7 Å². The molecule has 0 aliphatic carbocycles. The highest BCUT2D eigenvalue weighted by molar-refractivity contribution is 14.1. The van der Waals surface area contributed by atoms with Crippen LogP contribution in [0.2, 0.25) is 0 Å². The molecule has 0 aliphatic heterocycles. The molecule has 0 saturated heterocycles. The molecule has 0 amide bonds. The third-order valence-electron chi connectivity index (χ3n) is 1.83. The molecule has 80 valence electrons. The number of nitriles is 2. The summed E-state index contributed by atoms with van der Waals surface area (Å²) in [6, 6.07) is 6.56. The lowest BCUT2D eigenvalue weighted by molar-refractivity contribution is 0.384. The van der Waals surface area contributed by atoms with Gasteiger partial charge in [-0.3, -0.25) is 0 Å². The monoisotopic (exact) mass is 328 g/mol. The second kappa shape index (κ2) is 5.47. The third kappa shape index (κ3) is 2.50. The molecule has 0 saturated carbocycles. The second-order valence-corrected chi connectivity index (χ2v) is 3.93. The maximum absolute atomic E-state index is 13.6. The Morgan fingerprint density at radius 2 is 2.06 bits per heavy atom. The van der Waals surface area contributed by atoms with Crippen LogP contribution in [-0.2, 0) is 0 Å². The summed E-state index contributed by atoms with van der Waals surface area (Å²) in [5.74, 6) is -0.457. The third-order valence-corrected chi connectivity index (χ3v) is 2.66. The number of hydrogen-bond acceptors (Lipinski definition) is 3. The molecule has 0 unspecified atom stereocenters. The van der Waals surface area contributed by atoms with Crippen molar-refractivity contribution >= 4 is 28.7 Å². The molecule has 3 nitrogen and oxygen atoms in total. The number of nitrogens with zero attached hydrogens (tertiary/aromatic N) is 2. The maximum Gasteiger partial charge on any atom is 0.178 e. The highest BCUT2D eigenvalue weighted by atomic mass is 127. The fourth-order valence-electron chi connectivity index (χ4n) is 1.11. The van der Waals surface area contributed by atoms with Gasteiger partial charge in [-0.2, -0.15) is 10.5 Å². The summed E-state index contributed by atoms with van der Waals surface area (Å²) in [6.07, 6.45) is 1.29. The molecule has 0 bridgehead atoms. The molecule has 1 rings (SSSR count). The molecule has 0 aromatic heterocycles. The van der Waals surface area contributed by atoms with E-state index in [-0.39, 0.29) is 11.3 Å². The zero-order valence-corrected chi connectivity index (χ0v) is 10.4. The summed E-state index contributed by atoms with van der Waals surface area (Å²) in [4.78, 5) is 0. The predicted molar refractivity (Wildman–Crippen MR) is 64.9 cm³/mol. The van der Waals surface area contributed by atoms with E-state index in [4.69, 9.17) is 15.3 Å². The average Bonchev–Trinajstić information content (AvgIpc) is 2.30. The summed E-state index contributed by atoms with van der Waals surface area (Å²) in [6.45, 7) is 0. The van der Waals surface area contributed by atoms with Gasteiger partial charge in [0.2, 0.25) is 0 Å². The van der Waals surface area contributed by atoms with Crippen molar-refractivity contribution < 1.29 is 9.13 Å². The standard InChI is InChI=1S/C11H6FIN2O/c1-16-11-8(4-7(5-14)6-15)2-3-9(13)10(11)12/h2-4H,1H3. The quantitative estimate of drug-likeness (QED) is 0.620. The topological polar surface area (TPSA) is 56.8 Å². The Morgan fingerprint density at radius 3 is 2.56 bits per heavy atom. The van der Waals surface area contributed by atoms with E-state index in [9.17, 15) is 4.39 Å². The molecule has 16 heavy (non-hydrogen) atoms. The molecule has 0 spiro atoms.